The minimum atomic E-state index is -0.682. The number of nitrogens with zero attached hydrogens (tertiary/aromatic N) is 2. The molecule has 8 heteroatoms. The molecule has 1 aliphatic rings. The Kier molecular flexibility index (Phi) is 4.11. The van der Waals surface area contributed by atoms with Crippen LogP contribution in [0.15, 0.2) is 51.8 Å². The quantitative estimate of drug-likeness (QED) is 0.291. The van der Waals surface area contributed by atoms with Crippen LogP contribution in [0.25, 0.3) is 22.3 Å². The van der Waals surface area contributed by atoms with Crippen molar-refractivity contribution >= 4 is 16.9 Å². The molecule has 5 rings (SSSR count). The average Bonchev–Trinajstić information content (AvgIpc) is 3.09. The van der Waals surface area contributed by atoms with Gasteiger partial charge in [0.25, 0.3) is 0 Å². The van der Waals surface area contributed by atoms with Gasteiger partial charge in [0.05, 0.1) is 18.2 Å². The summed E-state index contributed by atoms with van der Waals surface area (Å²) in [7, 11) is 1.78. The van der Waals surface area contributed by atoms with Crippen molar-refractivity contribution in [2.45, 2.75) is 19.3 Å². The molecule has 1 aliphatic heterocycles. The highest BCUT2D eigenvalue weighted by molar-refractivity contribution is 5.96. The van der Waals surface area contributed by atoms with Crippen LogP contribution in [0.1, 0.15) is 29.2 Å². The molecule has 0 aliphatic carbocycles. The number of esters is 1. The molecule has 0 radical (unpaired) electrons. The first kappa shape index (κ1) is 18.9. The van der Waals surface area contributed by atoms with E-state index in [2.05, 4.69) is 5.10 Å². The standard InChI is InChI=1S/C23H18N2O6/c1-11-14(10-24-25(11)2)13-8-17(27)31-23-18(13)22-19(20(28)21(23)29)15(26)9-16(30-22)12-6-4-3-5-7-12/h3-7,9-10,13,28-29H,8H2,1-2H3. The van der Waals surface area contributed by atoms with Gasteiger partial charge in [-0.1, -0.05) is 30.3 Å². The summed E-state index contributed by atoms with van der Waals surface area (Å²) in [6.45, 7) is 1.86. The van der Waals surface area contributed by atoms with Crippen molar-refractivity contribution in [3.8, 4) is 28.6 Å². The number of aromatic nitrogens is 2. The highest BCUT2D eigenvalue weighted by atomic mass is 16.5. The van der Waals surface area contributed by atoms with E-state index in [1.165, 1.54) is 6.07 Å². The molecule has 2 N–H and O–H groups in total. The number of fused-ring (bicyclic) bond motifs is 3. The van der Waals surface area contributed by atoms with Crippen molar-refractivity contribution in [3.05, 3.63) is 69.6 Å². The predicted molar refractivity (Wildman–Crippen MR) is 111 cm³/mol. The maximum Gasteiger partial charge on any atom is 0.312 e. The zero-order chi connectivity index (χ0) is 21.9. The number of phenolic OH excluding ortho intramolecular Hbond substituents is 2. The highest BCUT2D eigenvalue weighted by Gasteiger charge is 2.37. The van der Waals surface area contributed by atoms with Crippen LogP contribution in [0.2, 0.25) is 0 Å². The second-order valence-electron chi connectivity index (χ2n) is 7.52. The molecule has 1 atom stereocenters. The van der Waals surface area contributed by atoms with Crippen molar-refractivity contribution in [1.82, 2.24) is 9.78 Å². The Morgan fingerprint density at radius 3 is 2.55 bits per heavy atom. The summed E-state index contributed by atoms with van der Waals surface area (Å²) in [5, 5.41) is 25.2. The number of phenols is 2. The van der Waals surface area contributed by atoms with Crippen LogP contribution in [-0.2, 0) is 11.8 Å². The largest absolute Gasteiger partial charge is 0.504 e. The van der Waals surface area contributed by atoms with E-state index in [1.54, 1.807) is 30.1 Å². The van der Waals surface area contributed by atoms with Crippen molar-refractivity contribution in [2.75, 3.05) is 0 Å². The average molecular weight is 418 g/mol. The van der Waals surface area contributed by atoms with E-state index in [0.29, 0.717) is 16.9 Å². The summed E-state index contributed by atoms with van der Waals surface area (Å²) in [4.78, 5) is 25.3. The number of carbonyl (C=O) groups excluding carboxylic acids is 1. The molecule has 8 nitrogen and oxygen atoms in total. The fraction of sp³-hybridized carbons (Fsp3) is 0.174. The Balaban J connectivity index is 1.90. The number of benzene rings is 2. The number of carbonyl (C=O) groups is 1. The number of rotatable bonds is 2. The summed E-state index contributed by atoms with van der Waals surface area (Å²) in [5.74, 6) is -2.41. The van der Waals surface area contributed by atoms with Crippen LogP contribution in [0, 0.1) is 6.92 Å². The van der Waals surface area contributed by atoms with Crippen LogP contribution in [0.3, 0.4) is 0 Å². The molecular formula is C23H18N2O6. The highest BCUT2D eigenvalue weighted by Crippen LogP contribution is 2.52. The number of hydrogen-bond donors (Lipinski definition) is 2. The third-order valence-corrected chi connectivity index (χ3v) is 5.76. The van der Waals surface area contributed by atoms with Gasteiger partial charge in [0, 0.05) is 35.9 Å². The van der Waals surface area contributed by atoms with Crippen molar-refractivity contribution < 1.29 is 24.2 Å². The van der Waals surface area contributed by atoms with E-state index in [-0.39, 0.29) is 23.1 Å². The maximum atomic E-state index is 13.0. The topological polar surface area (TPSA) is 115 Å². The Labute approximate surface area is 175 Å². The van der Waals surface area contributed by atoms with E-state index in [1.807, 2.05) is 25.1 Å². The number of aryl methyl sites for hydroxylation is 1. The van der Waals surface area contributed by atoms with Gasteiger partial charge in [0.2, 0.25) is 5.75 Å². The molecule has 0 saturated carbocycles. The van der Waals surface area contributed by atoms with Crippen molar-refractivity contribution in [3.63, 3.8) is 0 Å². The zero-order valence-electron chi connectivity index (χ0n) is 16.7. The van der Waals surface area contributed by atoms with Gasteiger partial charge < -0.3 is 19.4 Å². The fourth-order valence-electron chi connectivity index (χ4n) is 4.08. The summed E-state index contributed by atoms with van der Waals surface area (Å²) >= 11 is 0. The normalized spacial score (nSPS) is 15.7. The molecule has 156 valence electrons. The van der Waals surface area contributed by atoms with Gasteiger partial charge >= 0.3 is 5.97 Å². The molecule has 0 fully saturated rings. The molecule has 2 aromatic heterocycles. The van der Waals surface area contributed by atoms with Gasteiger partial charge in [-0.2, -0.15) is 5.10 Å². The van der Waals surface area contributed by atoms with E-state index in [0.717, 1.165) is 11.3 Å². The lowest BCUT2D eigenvalue weighted by atomic mass is 9.85. The van der Waals surface area contributed by atoms with Crippen LogP contribution in [-0.4, -0.2) is 26.0 Å². The third-order valence-electron chi connectivity index (χ3n) is 5.76. The second-order valence-corrected chi connectivity index (χ2v) is 7.52. The second kappa shape index (κ2) is 6.73. The smallest absolute Gasteiger partial charge is 0.312 e. The lowest BCUT2D eigenvalue weighted by molar-refractivity contribution is -0.135. The predicted octanol–water partition coefficient (Wildman–Crippen LogP) is 3.35. The SMILES string of the molecule is Cc1c(C2CC(=O)Oc3c(O)c(O)c4c(=O)cc(-c5ccccc5)oc4c32)cnn1C. The Morgan fingerprint density at radius 2 is 1.87 bits per heavy atom. The third kappa shape index (κ3) is 2.79. The summed E-state index contributed by atoms with van der Waals surface area (Å²) in [6, 6.07) is 10.3. The maximum absolute atomic E-state index is 13.0. The zero-order valence-corrected chi connectivity index (χ0v) is 16.7. The van der Waals surface area contributed by atoms with Gasteiger partial charge in [-0.25, -0.2) is 0 Å². The van der Waals surface area contributed by atoms with E-state index in [9.17, 15) is 19.8 Å². The minimum Gasteiger partial charge on any atom is -0.504 e. The van der Waals surface area contributed by atoms with E-state index in [4.69, 9.17) is 9.15 Å². The Bertz CT molecular complexity index is 1420. The number of aromatic hydroxyl groups is 2. The minimum absolute atomic E-state index is 0.0296. The Morgan fingerprint density at radius 1 is 1.13 bits per heavy atom. The molecule has 0 spiro atoms. The molecule has 0 bridgehead atoms. The van der Waals surface area contributed by atoms with E-state index >= 15 is 0 Å². The van der Waals surface area contributed by atoms with Gasteiger partial charge in [0.15, 0.2) is 16.9 Å². The molecule has 2 aromatic carbocycles. The van der Waals surface area contributed by atoms with Crippen molar-refractivity contribution in [2.24, 2.45) is 7.05 Å². The van der Waals surface area contributed by atoms with Crippen LogP contribution in [0.4, 0.5) is 0 Å². The molecule has 1 unspecified atom stereocenters. The molecule has 0 amide bonds. The first-order valence-corrected chi connectivity index (χ1v) is 9.67. The van der Waals surface area contributed by atoms with Crippen LogP contribution < -0.4 is 10.2 Å². The molecule has 3 heterocycles. The van der Waals surface area contributed by atoms with Crippen LogP contribution in [0.5, 0.6) is 17.2 Å². The monoisotopic (exact) mass is 418 g/mol. The van der Waals surface area contributed by atoms with Gasteiger partial charge in [0.1, 0.15) is 16.7 Å². The summed E-state index contributed by atoms with van der Waals surface area (Å²) in [5.41, 5.74) is 2.10. The fourth-order valence-corrected chi connectivity index (χ4v) is 4.08. The summed E-state index contributed by atoms with van der Waals surface area (Å²) < 4.78 is 13.1. The number of hydrogen-bond acceptors (Lipinski definition) is 7. The lowest BCUT2D eigenvalue weighted by Crippen LogP contribution is -2.22. The van der Waals surface area contributed by atoms with Gasteiger partial charge in [-0.3, -0.25) is 14.3 Å². The van der Waals surface area contributed by atoms with Crippen LogP contribution >= 0.6 is 0 Å². The Hall–Kier alpha value is -4.07. The van der Waals surface area contributed by atoms with E-state index < -0.39 is 28.8 Å². The lowest BCUT2D eigenvalue weighted by Gasteiger charge is -2.26. The first-order chi connectivity index (χ1) is 14.9. The molecular weight excluding hydrogens is 400 g/mol. The molecule has 4 aromatic rings. The first-order valence-electron chi connectivity index (χ1n) is 9.67. The number of ether oxygens (including phenoxy) is 1. The molecule has 0 saturated heterocycles. The van der Waals surface area contributed by atoms with Gasteiger partial charge in [-0.05, 0) is 6.92 Å². The molecule has 31 heavy (non-hydrogen) atoms. The van der Waals surface area contributed by atoms with Crippen molar-refractivity contribution in [1.29, 1.82) is 0 Å². The summed E-state index contributed by atoms with van der Waals surface area (Å²) in [6.07, 6.45) is 1.61. The van der Waals surface area contributed by atoms with Gasteiger partial charge in [-0.15, -0.1) is 0 Å².